The molecule has 7 nitrogen and oxygen atoms in total. The summed E-state index contributed by atoms with van der Waals surface area (Å²) in [5.41, 5.74) is 2.28. The van der Waals surface area contributed by atoms with Crippen molar-refractivity contribution in [3.63, 3.8) is 0 Å². The van der Waals surface area contributed by atoms with Crippen molar-refractivity contribution in [2.45, 2.75) is 13.5 Å². The molecule has 0 aliphatic heterocycles. The standard InChI is InChI=1S/C19H19FN4O3/c1-13(25)22-17-11-15(7-8-21-17)18-19(14-3-5-16(20)6-4-14)24(26)12-23(18)9-10-27-2/h3-8,11-12H,9-10H2,1-2H3,(H,21,22,25). The van der Waals surface area contributed by atoms with Gasteiger partial charge < -0.3 is 15.3 Å². The van der Waals surface area contributed by atoms with Crippen LogP contribution < -0.4 is 10.0 Å². The molecule has 140 valence electrons. The van der Waals surface area contributed by atoms with E-state index < -0.39 is 0 Å². The largest absolute Gasteiger partial charge is 0.710 e. The number of nitrogens with zero attached hydrogens (tertiary/aromatic N) is 3. The first-order chi connectivity index (χ1) is 13.0. The molecule has 2 aromatic heterocycles. The molecule has 0 aliphatic carbocycles. The van der Waals surface area contributed by atoms with Crippen molar-refractivity contribution in [1.82, 2.24) is 9.55 Å². The molecule has 0 fully saturated rings. The number of halogens is 1. The van der Waals surface area contributed by atoms with Crippen LogP contribution in [-0.2, 0) is 16.1 Å². The third-order valence-corrected chi connectivity index (χ3v) is 3.97. The van der Waals surface area contributed by atoms with Crippen LogP contribution in [0.2, 0.25) is 0 Å². The number of carbonyl (C=O) groups excluding carboxylic acids is 1. The zero-order valence-electron chi connectivity index (χ0n) is 15.0. The Balaban J connectivity index is 2.16. The molecule has 0 spiro atoms. The topological polar surface area (TPSA) is 83.1 Å². The summed E-state index contributed by atoms with van der Waals surface area (Å²) < 4.78 is 21.0. The van der Waals surface area contributed by atoms with Gasteiger partial charge in [-0.1, -0.05) is 0 Å². The van der Waals surface area contributed by atoms with Gasteiger partial charge in [0.25, 0.3) is 0 Å². The van der Waals surface area contributed by atoms with Gasteiger partial charge >= 0.3 is 0 Å². The highest BCUT2D eigenvalue weighted by molar-refractivity contribution is 5.88. The molecule has 2 heterocycles. The van der Waals surface area contributed by atoms with Crippen LogP contribution >= 0.6 is 0 Å². The minimum Gasteiger partial charge on any atom is -0.710 e. The average Bonchev–Trinajstić information content (AvgIpc) is 2.96. The molecule has 8 heteroatoms. The number of aromatic nitrogens is 3. The van der Waals surface area contributed by atoms with Crippen molar-refractivity contribution < 1.29 is 18.7 Å². The predicted octanol–water partition coefficient (Wildman–Crippen LogP) is 2.59. The second kappa shape index (κ2) is 7.96. The highest BCUT2D eigenvalue weighted by Crippen LogP contribution is 2.31. The molecule has 27 heavy (non-hydrogen) atoms. The molecule has 3 rings (SSSR count). The maximum atomic E-state index is 13.3. The van der Waals surface area contributed by atoms with Gasteiger partial charge in [-0.15, -0.1) is 0 Å². The van der Waals surface area contributed by atoms with Gasteiger partial charge in [0.05, 0.1) is 6.61 Å². The van der Waals surface area contributed by atoms with Gasteiger partial charge in [0, 0.05) is 31.4 Å². The van der Waals surface area contributed by atoms with Gasteiger partial charge in [-0.3, -0.25) is 4.79 Å². The Morgan fingerprint density at radius 3 is 2.70 bits per heavy atom. The molecule has 0 unspecified atom stereocenters. The van der Waals surface area contributed by atoms with Crippen LogP contribution in [0.4, 0.5) is 10.2 Å². The van der Waals surface area contributed by atoms with E-state index in [9.17, 15) is 14.4 Å². The fourth-order valence-corrected chi connectivity index (χ4v) is 2.84. The minimum atomic E-state index is -0.381. The summed E-state index contributed by atoms with van der Waals surface area (Å²) in [6, 6.07) is 9.16. The van der Waals surface area contributed by atoms with E-state index in [-0.39, 0.29) is 11.7 Å². The second-order valence-corrected chi connectivity index (χ2v) is 5.94. The number of imidazole rings is 1. The Kier molecular flexibility index (Phi) is 5.46. The van der Waals surface area contributed by atoms with Crippen molar-refractivity contribution in [2.24, 2.45) is 0 Å². The van der Waals surface area contributed by atoms with E-state index in [0.29, 0.717) is 41.5 Å². The van der Waals surface area contributed by atoms with Gasteiger partial charge in [-0.05, 0) is 36.4 Å². The molecule has 1 aromatic carbocycles. The van der Waals surface area contributed by atoms with E-state index >= 15 is 0 Å². The summed E-state index contributed by atoms with van der Waals surface area (Å²) in [4.78, 5) is 15.4. The smallest absolute Gasteiger partial charge is 0.247 e. The second-order valence-electron chi connectivity index (χ2n) is 5.94. The number of ether oxygens (including phenoxy) is 1. The van der Waals surface area contributed by atoms with Gasteiger partial charge in [0.2, 0.25) is 12.2 Å². The maximum Gasteiger partial charge on any atom is 0.247 e. The first kappa shape index (κ1) is 18.5. The minimum absolute atomic E-state index is 0.243. The molecule has 1 amide bonds. The molecule has 0 atom stereocenters. The number of amides is 1. The zero-order valence-corrected chi connectivity index (χ0v) is 15.0. The summed E-state index contributed by atoms with van der Waals surface area (Å²) in [6.45, 7) is 2.26. The number of carbonyl (C=O) groups is 1. The third kappa shape index (κ3) is 4.12. The Hall–Kier alpha value is -3.26. The van der Waals surface area contributed by atoms with Crippen molar-refractivity contribution in [3.8, 4) is 22.5 Å². The average molecular weight is 370 g/mol. The van der Waals surface area contributed by atoms with E-state index in [0.717, 1.165) is 4.73 Å². The molecule has 0 radical (unpaired) electrons. The van der Waals surface area contributed by atoms with E-state index in [1.165, 1.54) is 25.4 Å². The lowest BCUT2D eigenvalue weighted by Crippen LogP contribution is -2.25. The van der Waals surface area contributed by atoms with Gasteiger partial charge in [0.15, 0.2) is 11.4 Å². The highest BCUT2D eigenvalue weighted by atomic mass is 19.1. The predicted molar refractivity (Wildman–Crippen MR) is 98.2 cm³/mol. The maximum absolute atomic E-state index is 13.3. The van der Waals surface area contributed by atoms with Crippen LogP contribution in [0.15, 0.2) is 48.9 Å². The number of hydrogen-bond acceptors (Lipinski definition) is 4. The Morgan fingerprint density at radius 2 is 2.04 bits per heavy atom. The number of pyridine rings is 1. The van der Waals surface area contributed by atoms with Crippen LogP contribution in [0.5, 0.6) is 0 Å². The summed E-state index contributed by atoms with van der Waals surface area (Å²) in [5, 5.41) is 15.3. The third-order valence-electron chi connectivity index (χ3n) is 3.97. The summed E-state index contributed by atoms with van der Waals surface area (Å²) in [5.74, 6) is -0.248. The monoisotopic (exact) mass is 370 g/mol. The number of nitrogens with one attached hydrogen (secondary N) is 1. The van der Waals surface area contributed by atoms with Crippen molar-refractivity contribution in [2.75, 3.05) is 19.0 Å². The first-order valence-corrected chi connectivity index (χ1v) is 8.30. The Bertz CT molecular complexity index is 954. The first-order valence-electron chi connectivity index (χ1n) is 8.30. The van der Waals surface area contributed by atoms with Crippen LogP contribution in [0.25, 0.3) is 22.5 Å². The van der Waals surface area contributed by atoms with E-state index in [2.05, 4.69) is 10.3 Å². The van der Waals surface area contributed by atoms with Crippen molar-refractivity contribution in [1.29, 1.82) is 0 Å². The molecular formula is C19H19FN4O3. The number of rotatable bonds is 6. The SMILES string of the molecule is COCCn1c[n+]([O-])c(-c2ccc(F)cc2)c1-c1ccnc(NC(C)=O)c1. The van der Waals surface area contributed by atoms with Gasteiger partial charge in [0.1, 0.15) is 18.2 Å². The fraction of sp³-hybridized carbons (Fsp3) is 0.211. The van der Waals surface area contributed by atoms with Crippen LogP contribution in [0.3, 0.4) is 0 Å². The van der Waals surface area contributed by atoms with E-state index in [4.69, 9.17) is 4.74 Å². The number of anilines is 1. The van der Waals surface area contributed by atoms with Crippen molar-refractivity contribution in [3.05, 3.63) is 59.9 Å². The van der Waals surface area contributed by atoms with Crippen LogP contribution in [0, 0.1) is 11.0 Å². The normalized spacial score (nSPS) is 10.8. The molecule has 1 N–H and O–H groups in total. The molecule has 0 bridgehead atoms. The summed E-state index contributed by atoms with van der Waals surface area (Å²) >= 11 is 0. The summed E-state index contributed by atoms with van der Waals surface area (Å²) in [7, 11) is 1.58. The molecule has 3 aromatic rings. The number of hydrogen-bond donors (Lipinski definition) is 1. The number of methoxy groups -OCH3 is 1. The molecule has 0 saturated heterocycles. The molecule has 0 aliphatic rings. The number of benzene rings is 1. The van der Waals surface area contributed by atoms with E-state index in [1.807, 2.05) is 0 Å². The lowest BCUT2D eigenvalue weighted by atomic mass is 10.1. The zero-order chi connectivity index (χ0) is 19.4. The van der Waals surface area contributed by atoms with Gasteiger partial charge in [-0.25, -0.2) is 18.7 Å². The quantitative estimate of drug-likeness (QED) is 0.534. The van der Waals surface area contributed by atoms with Gasteiger partial charge in [-0.2, -0.15) is 0 Å². The molecular weight excluding hydrogens is 351 g/mol. The summed E-state index contributed by atoms with van der Waals surface area (Å²) in [6.07, 6.45) is 2.98. The van der Waals surface area contributed by atoms with Crippen molar-refractivity contribution >= 4 is 11.7 Å². The Labute approximate surface area is 155 Å². The Morgan fingerprint density at radius 1 is 1.30 bits per heavy atom. The molecule has 0 saturated carbocycles. The highest BCUT2D eigenvalue weighted by Gasteiger charge is 2.24. The van der Waals surface area contributed by atoms with E-state index in [1.54, 1.807) is 42.1 Å². The fourth-order valence-electron chi connectivity index (χ4n) is 2.84. The van der Waals surface area contributed by atoms with Crippen LogP contribution in [0.1, 0.15) is 6.92 Å². The van der Waals surface area contributed by atoms with Crippen LogP contribution in [-0.4, -0.2) is 29.2 Å². The lowest BCUT2D eigenvalue weighted by Gasteiger charge is -2.08. The lowest BCUT2D eigenvalue weighted by molar-refractivity contribution is -0.593.